The lowest BCUT2D eigenvalue weighted by atomic mass is 10.2. The number of ether oxygens (including phenoxy) is 1. The molecule has 0 bridgehead atoms. The minimum Gasteiger partial charge on any atom is -0.482 e. The zero-order valence-electron chi connectivity index (χ0n) is 11.3. The SMILES string of the molecule is CC(C)Cn1ncnc1COc1c(Cl)cc(N)cc1Cl. The second-order valence-electron chi connectivity index (χ2n) is 4.85. The van der Waals surface area contributed by atoms with Gasteiger partial charge in [0, 0.05) is 12.2 Å². The van der Waals surface area contributed by atoms with Crippen LogP contribution in [0.5, 0.6) is 5.75 Å². The molecule has 20 heavy (non-hydrogen) atoms. The number of hydrogen-bond donors (Lipinski definition) is 1. The first-order chi connectivity index (χ1) is 9.47. The van der Waals surface area contributed by atoms with Gasteiger partial charge in [0.1, 0.15) is 12.9 Å². The van der Waals surface area contributed by atoms with E-state index in [1.165, 1.54) is 6.33 Å². The molecule has 1 heterocycles. The van der Waals surface area contributed by atoms with E-state index in [4.69, 9.17) is 33.7 Å². The third-order valence-electron chi connectivity index (χ3n) is 2.60. The van der Waals surface area contributed by atoms with Crippen molar-refractivity contribution < 1.29 is 4.74 Å². The number of nitrogen functional groups attached to an aromatic ring is 1. The van der Waals surface area contributed by atoms with Crippen LogP contribution in [-0.4, -0.2) is 14.8 Å². The fourth-order valence-electron chi connectivity index (χ4n) is 1.75. The molecule has 0 unspecified atom stereocenters. The van der Waals surface area contributed by atoms with Gasteiger partial charge in [0.25, 0.3) is 0 Å². The highest BCUT2D eigenvalue weighted by atomic mass is 35.5. The summed E-state index contributed by atoms with van der Waals surface area (Å²) < 4.78 is 7.46. The molecule has 0 atom stereocenters. The van der Waals surface area contributed by atoms with Crippen LogP contribution in [0.15, 0.2) is 18.5 Å². The monoisotopic (exact) mass is 314 g/mol. The average molecular weight is 315 g/mol. The lowest BCUT2D eigenvalue weighted by Gasteiger charge is -2.12. The minimum absolute atomic E-state index is 0.246. The van der Waals surface area contributed by atoms with E-state index in [2.05, 4.69) is 23.9 Å². The maximum atomic E-state index is 6.07. The number of halogens is 2. The Kier molecular flexibility index (Phi) is 4.73. The molecule has 1 aromatic heterocycles. The van der Waals surface area contributed by atoms with Crippen molar-refractivity contribution in [1.82, 2.24) is 14.8 Å². The Morgan fingerprint density at radius 3 is 2.55 bits per heavy atom. The number of rotatable bonds is 5. The van der Waals surface area contributed by atoms with Crippen molar-refractivity contribution in [1.29, 1.82) is 0 Å². The highest BCUT2D eigenvalue weighted by Crippen LogP contribution is 2.35. The van der Waals surface area contributed by atoms with Crippen LogP contribution in [0.2, 0.25) is 10.0 Å². The first kappa shape index (κ1) is 14.9. The predicted octanol–water partition coefficient (Wildman–Crippen LogP) is 3.40. The predicted molar refractivity (Wildman–Crippen MR) is 80.1 cm³/mol. The van der Waals surface area contributed by atoms with Gasteiger partial charge in [-0.1, -0.05) is 37.0 Å². The summed E-state index contributed by atoms with van der Waals surface area (Å²) in [5.41, 5.74) is 6.14. The Hall–Kier alpha value is -1.46. The van der Waals surface area contributed by atoms with Crippen molar-refractivity contribution in [2.75, 3.05) is 5.73 Å². The third-order valence-corrected chi connectivity index (χ3v) is 3.16. The molecular weight excluding hydrogens is 299 g/mol. The van der Waals surface area contributed by atoms with Crippen molar-refractivity contribution in [3.63, 3.8) is 0 Å². The van der Waals surface area contributed by atoms with Crippen molar-refractivity contribution in [3.05, 3.63) is 34.3 Å². The first-order valence-electron chi connectivity index (χ1n) is 6.21. The van der Waals surface area contributed by atoms with Gasteiger partial charge in [-0.15, -0.1) is 0 Å². The van der Waals surface area contributed by atoms with Crippen LogP contribution in [-0.2, 0) is 13.2 Å². The highest BCUT2D eigenvalue weighted by molar-refractivity contribution is 6.37. The lowest BCUT2D eigenvalue weighted by molar-refractivity contribution is 0.283. The number of nitrogens with two attached hydrogens (primary N) is 1. The normalized spacial score (nSPS) is 11.1. The number of anilines is 1. The van der Waals surface area contributed by atoms with E-state index < -0.39 is 0 Å². The summed E-state index contributed by atoms with van der Waals surface area (Å²) in [6.45, 7) is 5.25. The molecule has 0 saturated carbocycles. The van der Waals surface area contributed by atoms with Gasteiger partial charge < -0.3 is 10.5 Å². The first-order valence-corrected chi connectivity index (χ1v) is 6.97. The maximum absolute atomic E-state index is 6.07. The quantitative estimate of drug-likeness (QED) is 0.859. The molecule has 7 heteroatoms. The smallest absolute Gasteiger partial charge is 0.164 e. The number of benzene rings is 1. The van der Waals surface area contributed by atoms with Crippen LogP contribution in [0.25, 0.3) is 0 Å². The summed E-state index contributed by atoms with van der Waals surface area (Å²) in [7, 11) is 0. The molecule has 0 saturated heterocycles. The van der Waals surface area contributed by atoms with Crippen LogP contribution in [0.1, 0.15) is 19.7 Å². The molecule has 2 N–H and O–H groups in total. The molecule has 0 radical (unpaired) electrons. The van der Waals surface area contributed by atoms with Gasteiger partial charge >= 0.3 is 0 Å². The highest BCUT2D eigenvalue weighted by Gasteiger charge is 2.12. The second-order valence-corrected chi connectivity index (χ2v) is 5.67. The van der Waals surface area contributed by atoms with E-state index in [0.717, 1.165) is 12.4 Å². The molecule has 0 aliphatic rings. The summed E-state index contributed by atoms with van der Waals surface area (Å²) in [4.78, 5) is 4.18. The summed E-state index contributed by atoms with van der Waals surface area (Å²) in [6, 6.07) is 3.20. The molecule has 0 amide bonds. The third kappa shape index (κ3) is 3.55. The Labute approximate surface area is 127 Å². The van der Waals surface area contributed by atoms with Crippen LogP contribution in [0, 0.1) is 5.92 Å². The molecular formula is C13H16Cl2N4O. The molecule has 0 fully saturated rings. The maximum Gasteiger partial charge on any atom is 0.164 e. The zero-order chi connectivity index (χ0) is 14.7. The lowest BCUT2D eigenvalue weighted by Crippen LogP contribution is -2.12. The number of nitrogens with zero attached hydrogens (tertiary/aromatic N) is 3. The van der Waals surface area contributed by atoms with Gasteiger partial charge in [0.15, 0.2) is 11.6 Å². The van der Waals surface area contributed by atoms with E-state index in [9.17, 15) is 0 Å². The van der Waals surface area contributed by atoms with Crippen LogP contribution >= 0.6 is 23.2 Å². The van der Waals surface area contributed by atoms with Crippen molar-refractivity contribution in [2.24, 2.45) is 5.92 Å². The molecule has 0 aliphatic carbocycles. The van der Waals surface area contributed by atoms with Crippen molar-refractivity contribution >= 4 is 28.9 Å². The average Bonchev–Trinajstić information content (AvgIpc) is 2.74. The Balaban J connectivity index is 2.12. The summed E-state index contributed by atoms with van der Waals surface area (Å²) in [5.74, 6) is 1.60. The molecule has 0 spiro atoms. The van der Waals surface area contributed by atoms with E-state index in [1.807, 2.05) is 4.68 Å². The van der Waals surface area contributed by atoms with Crippen molar-refractivity contribution in [2.45, 2.75) is 27.0 Å². The van der Waals surface area contributed by atoms with Gasteiger partial charge in [-0.3, -0.25) is 0 Å². The van der Waals surface area contributed by atoms with Crippen LogP contribution < -0.4 is 10.5 Å². The van der Waals surface area contributed by atoms with E-state index in [-0.39, 0.29) is 6.61 Å². The van der Waals surface area contributed by atoms with Gasteiger partial charge in [-0.25, -0.2) is 9.67 Å². The fraction of sp³-hybridized carbons (Fsp3) is 0.385. The molecule has 2 rings (SSSR count). The standard InChI is InChI=1S/C13H16Cl2N4O/c1-8(2)5-19-12(17-7-18-19)6-20-13-10(14)3-9(16)4-11(13)15/h3-4,7-8H,5-6,16H2,1-2H3. The zero-order valence-corrected chi connectivity index (χ0v) is 12.8. The van der Waals surface area contributed by atoms with E-state index in [1.54, 1.807) is 12.1 Å². The number of aromatic nitrogens is 3. The largest absolute Gasteiger partial charge is 0.482 e. The van der Waals surface area contributed by atoms with Crippen LogP contribution in [0.3, 0.4) is 0 Å². The molecule has 2 aromatic rings. The molecule has 108 valence electrons. The van der Waals surface area contributed by atoms with Gasteiger partial charge in [-0.2, -0.15) is 5.10 Å². The Morgan fingerprint density at radius 2 is 1.95 bits per heavy atom. The minimum atomic E-state index is 0.246. The number of hydrogen-bond acceptors (Lipinski definition) is 4. The van der Waals surface area contributed by atoms with Crippen LogP contribution in [0.4, 0.5) is 5.69 Å². The van der Waals surface area contributed by atoms with Gasteiger partial charge in [0.05, 0.1) is 10.0 Å². The molecule has 5 nitrogen and oxygen atoms in total. The van der Waals surface area contributed by atoms with Gasteiger partial charge in [-0.05, 0) is 18.1 Å². The summed E-state index contributed by atoms with van der Waals surface area (Å²) in [5, 5.41) is 4.93. The molecule has 0 aliphatic heterocycles. The Bertz CT molecular complexity index is 575. The van der Waals surface area contributed by atoms with E-state index >= 15 is 0 Å². The molecule has 1 aromatic carbocycles. The van der Waals surface area contributed by atoms with E-state index in [0.29, 0.717) is 27.4 Å². The second kappa shape index (κ2) is 6.33. The topological polar surface area (TPSA) is 66.0 Å². The fourth-order valence-corrected chi connectivity index (χ4v) is 2.37. The summed E-state index contributed by atoms with van der Waals surface area (Å²) >= 11 is 12.1. The Morgan fingerprint density at radius 1 is 1.30 bits per heavy atom. The van der Waals surface area contributed by atoms with Gasteiger partial charge in [0.2, 0.25) is 0 Å². The summed E-state index contributed by atoms with van der Waals surface area (Å²) in [6.07, 6.45) is 1.51. The van der Waals surface area contributed by atoms with Crippen molar-refractivity contribution in [3.8, 4) is 5.75 Å².